The van der Waals surface area contributed by atoms with Crippen molar-refractivity contribution in [2.45, 2.75) is 31.0 Å². The zero-order valence-corrected chi connectivity index (χ0v) is 7.54. The van der Waals surface area contributed by atoms with E-state index in [4.69, 9.17) is 5.73 Å². The third-order valence-corrected chi connectivity index (χ3v) is 2.64. The van der Waals surface area contributed by atoms with Gasteiger partial charge in [0.25, 0.3) is 0 Å². The molecule has 1 aromatic rings. The van der Waals surface area contributed by atoms with E-state index < -0.39 is 6.17 Å². The maximum absolute atomic E-state index is 13.6. The normalized spacial score (nSPS) is 21.1. The molecule has 13 heavy (non-hydrogen) atoms. The molecule has 1 aromatic carbocycles. The van der Waals surface area contributed by atoms with Crippen LogP contribution in [0.25, 0.3) is 0 Å². The number of nitrogens with two attached hydrogens (primary N) is 1. The molecule has 0 amide bonds. The van der Waals surface area contributed by atoms with Crippen LogP contribution in [0.5, 0.6) is 0 Å². The molecule has 1 aliphatic carbocycles. The Morgan fingerprint density at radius 2 is 1.92 bits per heavy atom. The minimum atomic E-state index is -0.895. The first-order valence-electron chi connectivity index (χ1n) is 4.68. The van der Waals surface area contributed by atoms with Gasteiger partial charge in [0.1, 0.15) is 6.17 Å². The molecule has 70 valence electrons. The van der Waals surface area contributed by atoms with Crippen molar-refractivity contribution in [2.75, 3.05) is 0 Å². The Labute approximate surface area is 77.8 Å². The van der Waals surface area contributed by atoms with E-state index in [1.54, 1.807) is 0 Å². The number of alkyl halides is 1. The van der Waals surface area contributed by atoms with Gasteiger partial charge in [0.2, 0.25) is 0 Å². The molecule has 0 aliphatic heterocycles. The summed E-state index contributed by atoms with van der Waals surface area (Å²) in [4.78, 5) is 0. The first kappa shape index (κ1) is 8.70. The fourth-order valence-corrected chi connectivity index (χ4v) is 1.50. The molecule has 0 aromatic heterocycles. The highest BCUT2D eigenvalue weighted by molar-refractivity contribution is 5.19. The van der Waals surface area contributed by atoms with E-state index >= 15 is 0 Å². The number of hydrogen-bond donors (Lipinski definition) is 1. The second kappa shape index (κ2) is 3.11. The standard InChI is InChI=1S/C11H14FN/c12-10(8-11(13)6-7-11)9-4-2-1-3-5-9/h1-5,10H,6-8,13H2. The van der Waals surface area contributed by atoms with E-state index in [-0.39, 0.29) is 5.54 Å². The van der Waals surface area contributed by atoms with Crippen molar-refractivity contribution in [2.24, 2.45) is 5.73 Å². The van der Waals surface area contributed by atoms with Gasteiger partial charge in [-0.05, 0) is 18.4 Å². The van der Waals surface area contributed by atoms with Gasteiger partial charge in [-0.3, -0.25) is 0 Å². The topological polar surface area (TPSA) is 26.0 Å². The van der Waals surface area contributed by atoms with Crippen molar-refractivity contribution in [1.29, 1.82) is 0 Å². The van der Waals surface area contributed by atoms with E-state index in [9.17, 15) is 4.39 Å². The van der Waals surface area contributed by atoms with Gasteiger partial charge in [0.15, 0.2) is 0 Å². The van der Waals surface area contributed by atoms with Crippen LogP contribution in [-0.4, -0.2) is 5.54 Å². The molecule has 1 unspecified atom stereocenters. The molecule has 1 saturated carbocycles. The Bertz CT molecular complexity index is 279. The van der Waals surface area contributed by atoms with Crippen LogP contribution in [0, 0.1) is 0 Å². The zero-order chi connectivity index (χ0) is 9.31. The van der Waals surface area contributed by atoms with Crippen LogP contribution in [-0.2, 0) is 0 Å². The van der Waals surface area contributed by atoms with Crippen molar-refractivity contribution in [1.82, 2.24) is 0 Å². The molecule has 0 heterocycles. The van der Waals surface area contributed by atoms with Gasteiger partial charge in [-0.25, -0.2) is 4.39 Å². The van der Waals surface area contributed by atoms with Crippen LogP contribution in [0.2, 0.25) is 0 Å². The van der Waals surface area contributed by atoms with Crippen molar-refractivity contribution in [3.8, 4) is 0 Å². The molecule has 1 fully saturated rings. The summed E-state index contributed by atoms with van der Waals surface area (Å²) >= 11 is 0. The summed E-state index contributed by atoms with van der Waals surface area (Å²) < 4.78 is 13.6. The summed E-state index contributed by atoms with van der Waals surface area (Å²) in [5.41, 5.74) is 6.39. The van der Waals surface area contributed by atoms with E-state index in [2.05, 4.69) is 0 Å². The second-order valence-electron chi connectivity index (χ2n) is 3.94. The summed E-state index contributed by atoms with van der Waals surface area (Å²) in [7, 11) is 0. The molecule has 0 spiro atoms. The summed E-state index contributed by atoms with van der Waals surface area (Å²) in [5.74, 6) is 0. The fourth-order valence-electron chi connectivity index (χ4n) is 1.50. The van der Waals surface area contributed by atoms with Crippen molar-refractivity contribution in [3.63, 3.8) is 0 Å². The molecule has 1 atom stereocenters. The Hall–Kier alpha value is -0.890. The monoisotopic (exact) mass is 179 g/mol. The number of rotatable bonds is 3. The molecule has 2 heteroatoms. The lowest BCUT2D eigenvalue weighted by molar-refractivity contribution is 0.296. The first-order chi connectivity index (χ1) is 6.20. The maximum atomic E-state index is 13.6. The van der Waals surface area contributed by atoms with Gasteiger partial charge >= 0.3 is 0 Å². The molecular formula is C11H14FN. The predicted molar refractivity (Wildman–Crippen MR) is 51.1 cm³/mol. The SMILES string of the molecule is NC1(CC(F)c2ccccc2)CC1. The minimum absolute atomic E-state index is 0.199. The molecule has 0 radical (unpaired) electrons. The number of benzene rings is 1. The molecule has 2 rings (SSSR count). The van der Waals surface area contributed by atoms with E-state index in [0.29, 0.717) is 6.42 Å². The highest BCUT2D eigenvalue weighted by atomic mass is 19.1. The molecule has 1 aliphatic rings. The van der Waals surface area contributed by atoms with E-state index in [1.807, 2.05) is 30.3 Å². The lowest BCUT2D eigenvalue weighted by Crippen LogP contribution is -2.23. The largest absolute Gasteiger partial charge is 0.325 e. The first-order valence-corrected chi connectivity index (χ1v) is 4.68. The highest BCUT2D eigenvalue weighted by Gasteiger charge is 2.40. The lowest BCUT2D eigenvalue weighted by atomic mass is 10.0. The second-order valence-corrected chi connectivity index (χ2v) is 3.94. The van der Waals surface area contributed by atoms with Crippen LogP contribution in [0.15, 0.2) is 30.3 Å². The van der Waals surface area contributed by atoms with Gasteiger partial charge in [-0.15, -0.1) is 0 Å². The summed E-state index contributed by atoms with van der Waals surface area (Å²) in [6.45, 7) is 0. The van der Waals surface area contributed by atoms with Gasteiger partial charge in [0.05, 0.1) is 0 Å². The lowest BCUT2D eigenvalue weighted by Gasteiger charge is -2.12. The van der Waals surface area contributed by atoms with E-state index in [1.165, 1.54) is 0 Å². The van der Waals surface area contributed by atoms with Crippen molar-refractivity contribution >= 4 is 0 Å². The average Bonchev–Trinajstić information content (AvgIpc) is 2.85. The Morgan fingerprint density at radius 1 is 1.31 bits per heavy atom. The summed E-state index contributed by atoms with van der Waals surface area (Å²) in [5, 5.41) is 0. The zero-order valence-electron chi connectivity index (χ0n) is 7.54. The van der Waals surface area contributed by atoms with Crippen LogP contribution in [0.1, 0.15) is 31.0 Å². The van der Waals surface area contributed by atoms with E-state index in [0.717, 1.165) is 18.4 Å². The molecular weight excluding hydrogens is 165 g/mol. The van der Waals surface area contributed by atoms with Crippen LogP contribution in [0.3, 0.4) is 0 Å². The Balaban J connectivity index is 2.01. The van der Waals surface area contributed by atoms with Crippen LogP contribution in [0.4, 0.5) is 4.39 Å². The molecule has 0 bridgehead atoms. The average molecular weight is 179 g/mol. The Morgan fingerprint density at radius 3 is 2.46 bits per heavy atom. The fraction of sp³-hybridized carbons (Fsp3) is 0.455. The van der Waals surface area contributed by atoms with Gasteiger partial charge < -0.3 is 5.73 Å². The van der Waals surface area contributed by atoms with Crippen LogP contribution >= 0.6 is 0 Å². The van der Waals surface area contributed by atoms with Gasteiger partial charge in [-0.1, -0.05) is 30.3 Å². The van der Waals surface area contributed by atoms with Crippen molar-refractivity contribution in [3.05, 3.63) is 35.9 Å². The maximum Gasteiger partial charge on any atom is 0.127 e. The smallest absolute Gasteiger partial charge is 0.127 e. The van der Waals surface area contributed by atoms with Crippen molar-refractivity contribution < 1.29 is 4.39 Å². The third kappa shape index (κ3) is 2.07. The molecule has 2 N–H and O–H groups in total. The molecule has 1 nitrogen and oxygen atoms in total. The minimum Gasteiger partial charge on any atom is -0.325 e. The van der Waals surface area contributed by atoms with Gasteiger partial charge in [0, 0.05) is 12.0 Å². The number of hydrogen-bond acceptors (Lipinski definition) is 1. The number of halogens is 1. The summed E-state index contributed by atoms with van der Waals surface area (Å²) in [6, 6.07) is 9.24. The Kier molecular flexibility index (Phi) is 2.08. The summed E-state index contributed by atoms with van der Waals surface area (Å²) in [6.07, 6.45) is 1.52. The highest BCUT2D eigenvalue weighted by Crippen LogP contribution is 2.41. The van der Waals surface area contributed by atoms with Gasteiger partial charge in [-0.2, -0.15) is 0 Å². The predicted octanol–water partition coefficient (Wildman–Crippen LogP) is 2.58. The quantitative estimate of drug-likeness (QED) is 0.758. The molecule has 0 saturated heterocycles. The van der Waals surface area contributed by atoms with Crippen LogP contribution < -0.4 is 5.73 Å². The third-order valence-electron chi connectivity index (χ3n) is 2.64.